The first kappa shape index (κ1) is 21.0. The fourth-order valence-corrected chi connectivity index (χ4v) is 3.38. The van der Waals surface area contributed by atoms with E-state index in [1.807, 2.05) is 0 Å². The van der Waals surface area contributed by atoms with Crippen molar-refractivity contribution in [3.8, 4) is 0 Å². The van der Waals surface area contributed by atoms with Crippen LogP contribution in [0.15, 0.2) is 53.3 Å². The number of nitro groups is 1. The van der Waals surface area contributed by atoms with Crippen molar-refractivity contribution < 1.29 is 14.5 Å². The molecule has 0 saturated carbocycles. The van der Waals surface area contributed by atoms with Crippen molar-refractivity contribution in [3.05, 3.63) is 79.6 Å². The Balaban J connectivity index is 1.62. The molecule has 0 bridgehead atoms. The van der Waals surface area contributed by atoms with E-state index >= 15 is 0 Å². The number of fused-ring (bicyclic) bond motifs is 1. The van der Waals surface area contributed by atoms with Gasteiger partial charge in [0.25, 0.3) is 11.2 Å². The van der Waals surface area contributed by atoms with Crippen LogP contribution in [0.4, 0.5) is 28.8 Å². The van der Waals surface area contributed by atoms with Crippen LogP contribution in [0.5, 0.6) is 0 Å². The largest absolute Gasteiger partial charge is 0.326 e. The Morgan fingerprint density at radius 1 is 1.16 bits per heavy atom. The van der Waals surface area contributed by atoms with Gasteiger partial charge < -0.3 is 16.0 Å². The maximum atomic E-state index is 12.8. The van der Waals surface area contributed by atoms with Crippen LogP contribution in [0.25, 0.3) is 0 Å². The van der Waals surface area contributed by atoms with E-state index in [2.05, 4.69) is 25.9 Å². The molecule has 1 atom stereocenters. The molecule has 0 radical (unpaired) electrons. The third-order valence-corrected chi connectivity index (χ3v) is 4.95. The lowest BCUT2D eigenvalue weighted by molar-refractivity contribution is -0.384. The number of anilines is 4. The summed E-state index contributed by atoms with van der Waals surface area (Å²) < 4.78 is 0. The lowest BCUT2D eigenvalue weighted by Crippen LogP contribution is -2.36. The molecule has 1 aromatic heterocycles. The van der Waals surface area contributed by atoms with Gasteiger partial charge in [0.15, 0.2) is 0 Å². The number of carbonyl (C=O) groups excluding carboxylic acids is 2. The third kappa shape index (κ3) is 4.42. The number of halogens is 1. The molecule has 0 fully saturated rings. The zero-order chi connectivity index (χ0) is 22.8. The highest BCUT2D eigenvalue weighted by Gasteiger charge is 2.35. The van der Waals surface area contributed by atoms with E-state index in [9.17, 15) is 24.5 Å². The Hall–Kier alpha value is -4.25. The van der Waals surface area contributed by atoms with E-state index in [4.69, 9.17) is 11.6 Å². The first-order chi connectivity index (χ1) is 15.3. The van der Waals surface area contributed by atoms with Crippen LogP contribution >= 0.6 is 11.6 Å². The van der Waals surface area contributed by atoms with Crippen LogP contribution < -0.4 is 21.5 Å². The zero-order valence-electron chi connectivity index (χ0n) is 16.2. The summed E-state index contributed by atoms with van der Waals surface area (Å²) in [6.07, 6.45) is -0.275. The summed E-state index contributed by atoms with van der Waals surface area (Å²) in [7, 11) is 0. The maximum absolute atomic E-state index is 12.8. The van der Waals surface area contributed by atoms with Crippen molar-refractivity contribution >= 4 is 52.2 Å². The van der Waals surface area contributed by atoms with Gasteiger partial charge in [0.1, 0.15) is 5.82 Å². The predicted octanol–water partition coefficient (Wildman–Crippen LogP) is 3.14. The molecule has 32 heavy (non-hydrogen) atoms. The third-order valence-electron chi connectivity index (χ3n) is 4.70. The average molecular weight is 455 g/mol. The number of nitrogens with zero attached hydrogens (tertiary/aromatic N) is 2. The standard InChI is InChI=1S/C20H15ClN6O5/c21-10-4-6-11(7-5-10)23-20-25-17-16(19(30)26-20)14(9-15(28)24-17)18(29)22-12-2-1-3-13(8-12)27(31)32/h1-8,14H,9H2,(H,22,29)(H3,23,24,25,26,28,30)/t14-/m1/s1. The number of hydrogen-bond acceptors (Lipinski definition) is 7. The molecule has 1 aliphatic rings. The molecular formula is C20H15ClN6O5. The van der Waals surface area contributed by atoms with Gasteiger partial charge in [-0.25, -0.2) is 0 Å². The number of benzene rings is 2. The minimum Gasteiger partial charge on any atom is -0.326 e. The van der Waals surface area contributed by atoms with Crippen molar-refractivity contribution in [2.45, 2.75) is 12.3 Å². The zero-order valence-corrected chi connectivity index (χ0v) is 17.0. The van der Waals surface area contributed by atoms with E-state index in [0.29, 0.717) is 10.7 Å². The number of H-pyrrole nitrogens is 1. The topological polar surface area (TPSA) is 159 Å². The quantitative estimate of drug-likeness (QED) is 0.340. The van der Waals surface area contributed by atoms with E-state index in [-0.39, 0.29) is 35.1 Å². The summed E-state index contributed by atoms with van der Waals surface area (Å²) in [5, 5.41) is 19.4. The van der Waals surface area contributed by atoms with Gasteiger partial charge in [-0.15, -0.1) is 0 Å². The second kappa shape index (κ2) is 8.47. The minimum absolute atomic E-state index is 0.00538. The first-order valence-corrected chi connectivity index (χ1v) is 9.70. The molecule has 2 heterocycles. The lowest BCUT2D eigenvalue weighted by atomic mass is 9.92. The van der Waals surface area contributed by atoms with Crippen LogP contribution in [-0.2, 0) is 9.59 Å². The highest BCUT2D eigenvalue weighted by atomic mass is 35.5. The van der Waals surface area contributed by atoms with Crippen molar-refractivity contribution in [2.24, 2.45) is 0 Å². The fourth-order valence-electron chi connectivity index (χ4n) is 3.25. The fraction of sp³-hybridized carbons (Fsp3) is 0.100. The number of amides is 2. The minimum atomic E-state index is -1.13. The van der Waals surface area contributed by atoms with Crippen molar-refractivity contribution in [1.29, 1.82) is 0 Å². The van der Waals surface area contributed by atoms with E-state index < -0.39 is 28.2 Å². The summed E-state index contributed by atoms with van der Waals surface area (Å²) >= 11 is 5.86. The van der Waals surface area contributed by atoms with Crippen LogP contribution in [0.3, 0.4) is 0 Å². The van der Waals surface area contributed by atoms with Crippen LogP contribution in [0.1, 0.15) is 17.9 Å². The lowest BCUT2D eigenvalue weighted by Gasteiger charge is -2.23. The van der Waals surface area contributed by atoms with Crippen LogP contribution in [0.2, 0.25) is 5.02 Å². The summed E-state index contributed by atoms with van der Waals surface area (Å²) in [6.45, 7) is 0. The smallest absolute Gasteiger partial charge is 0.271 e. The number of rotatable bonds is 5. The molecule has 4 rings (SSSR count). The van der Waals surface area contributed by atoms with E-state index in [0.717, 1.165) is 0 Å². The van der Waals surface area contributed by atoms with E-state index in [1.165, 1.54) is 24.3 Å². The summed E-state index contributed by atoms with van der Waals surface area (Å²) in [6, 6.07) is 12.0. The maximum Gasteiger partial charge on any atom is 0.271 e. The van der Waals surface area contributed by atoms with Gasteiger partial charge in [-0.3, -0.25) is 29.5 Å². The van der Waals surface area contributed by atoms with Crippen molar-refractivity contribution in [3.63, 3.8) is 0 Å². The Kier molecular flexibility index (Phi) is 5.56. The van der Waals surface area contributed by atoms with Crippen LogP contribution in [0, 0.1) is 10.1 Å². The molecule has 2 amide bonds. The van der Waals surface area contributed by atoms with Gasteiger partial charge in [0, 0.05) is 35.0 Å². The van der Waals surface area contributed by atoms with Crippen LogP contribution in [-0.4, -0.2) is 26.7 Å². The molecule has 162 valence electrons. The monoisotopic (exact) mass is 454 g/mol. The summed E-state index contributed by atoms with van der Waals surface area (Å²) in [4.78, 5) is 54.9. The Bertz CT molecular complexity index is 1290. The number of nitrogens with one attached hydrogen (secondary N) is 4. The molecule has 2 aromatic carbocycles. The van der Waals surface area contributed by atoms with Gasteiger partial charge >= 0.3 is 0 Å². The normalized spacial score (nSPS) is 14.8. The highest BCUT2D eigenvalue weighted by Crippen LogP contribution is 2.30. The second-order valence-corrected chi connectivity index (χ2v) is 7.35. The first-order valence-electron chi connectivity index (χ1n) is 9.32. The second-order valence-electron chi connectivity index (χ2n) is 6.91. The number of non-ortho nitro benzene ring substituents is 1. The number of aromatic amines is 1. The van der Waals surface area contributed by atoms with Gasteiger partial charge in [-0.2, -0.15) is 4.98 Å². The molecule has 4 N–H and O–H groups in total. The Morgan fingerprint density at radius 3 is 2.62 bits per heavy atom. The molecule has 0 aliphatic carbocycles. The van der Waals surface area contributed by atoms with Crippen molar-refractivity contribution in [2.75, 3.05) is 16.0 Å². The predicted molar refractivity (Wildman–Crippen MR) is 117 cm³/mol. The molecule has 0 unspecified atom stereocenters. The molecular weight excluding hydrogens is 440 g/mol. The SMILES string of the molecule is O=C1C[C@@H](C(=O)Nc2cccc([N+](=O)[O-])c2)c2c(nc(Nc3ccc(Cl)cc3)[nH]c2=O)N1. The van der Waals surface area contributed by atoms with Gasteiger partial charge in [-0.05, 0) is 30.3 Å². The number of aromatic nitrogens is 2. The Morgan fingerprint density at radius 2 is 1.91 bits per heavy atom. The highest BCUT2D eigenvalue weighted by molar-refractivity contribution is 6.30. The van der Waals surface area contributed by atoms with Crippen molar-refractivity contribution in [1.82, 2.24) is 9.97 Å². The molecule has 3 aromatic rings. The molecule has 0 saturated heterocycles. The molecule has 12 heteroatoms. The Labute approximate surface area is 185 Å². The molecule has 1 aliphatic heterocycles. The van der Waals surface area contributed by atoms with E-state index in [1.54, 1.807) is 24.3 Å². The summed E-state index contributed by atoms with van der Waals surface area (Å²) in [5.41, 5.74) is -0.0522. The number of nitro benzene ring substituents is 1. The summed E-state index contributed by atoms with van der Waals surface area (Å²) in [5.74, 6) is -2.25. The molecule has 11 nitrogen and oxygen atoms in total. The number of hydrogen-bond donors (Lipinski definition) is 4. The average Bonchev–Trinajstić information content (AvgIpc) is 2.74. The molecule has 0 spiro atoms. The number of carbonyl (C=O) groups is 2. The van der Waals surface area contributed by atoms with Gasteiger partial charge in [-0.1, -0.05) is 17.7 Å². The van der Waals surface area contributed by atoms with Gasteiger partial charge in [0.2, 0.25) is 17.8 Å². The van der Waals surface area contributed by atoms with Gasteiger partial charge in [0.05, 0.1) is 16.4 Å².